The lowest BCUT2D eigenvalue weighted by Gasteiger charge is -2.16. The van der Waals surface area contributed by atoms with E-state index in [4.69, 9.17) is 5.73 Å². The smallest absolute Gasteiger partial charge is 0.227 e. The Balaban J connectivity index is 0.00000225. The van der Waals surface area contributed by atoms with Gasteiger partial charge in [-0.15, -0.1) is 12.4 Å². The van der Waals surface area contributed by atoms with Crippen molar-refractivity contribution in [1.29, 1.82) is 0 Å². The van der Waals surface area contributed by atoms with Gasteiger partial charge in [0.1, 0.15) is 0 Å². The molecular formula is C22H25ClN4O. The summed E-state index contributed by atoms with van der Waals surface area (Å²) in [6, 6.07) is 20.3. The maximum absolute atomic E-state index is 12.8. The predicted molar refractivity (Wildman–Crippen MR) is 113 cm³/mol. The van der Waals surface area contributed by atoms with E-state index < -0.39 is 0 Å². The molecule has 2 N–H and O–H groups in total. The highest BCUT2D eigenvalue weighted by atomic mass is 35.5. The van der Waals surface area contributed by atoms with Gasteiger partial charge in [-0.2, -0.15) is 5.10 Å². The fraction of sp³-hybridized carbons (Fsp3) is 0.273. The molecule has 0 spiro atoms. The molecule has 1 saturated heterocycles. The van der Waals surface area contributed by atoms with Crippen LogP contribution in [0.2, 0.25) is 0 Å². The van der Waals surface area contributed by atoms with Crippen LogP contribution in [0.5, 0.6) is 0 Å². The van der Waals surface area contributed by atoms with Crippen LogP contribution in [0.25, 0.3) is 5.69 Å². The molecule has 3 aromatic rings. The van der Waals surface area contributed by atoms with Gasteiger partial charge in [-0.05, 0) is 35.7 Å². The summed E-state index contributed by atoms with van der Waals surface area (Å²) in [6.07, 6.45) is 4.07. The van der Waals surface area contributed by atoms with Gasteiger partial charge in [-0.25, -0.2) is 4.68 Å². The van der Waals surface area contributed by atoms with Crippen molar-refractivity contribution in [2.75, 3.05) is 19.6 Å². The molecule has 1 fully saturated rings. The first kappa shape index (κ1) is 20.1. The molecule has 1 aliphatic rings. The van der Waals surface area contributed by atoms with E-state index in [1.54, 1.807) is 6.20 Å². The summed E-state index contributed by atoms with van der Waals surface area (Å²) in [5.41, 5.74) is 9.17. The second-order valence-electron chi connectivity index (χ2n) is 7.12. The molecule has 2 heterocycles. The minimum atomic E-state index is 0. The topological polar surface area (TPSA) is 64.2 Å². The molecule has 0 saturated carbocycles. The molecule has 2 atom stereocenters. The number of likely N-dealkylation sites (tertiary alicyclic amines) is 1. The maximum atomic E-state index is 12.8. The summed E-state index contributed by atoms with van der Waals surface area (Å²) >= 11 is 0. The third-order valence-corrected chi connectivity index (χ3v) is 5.34. The molecule has 0 aliphatic carbocycles. The number of amides is 1. The van der Waals surface area contributed by atoms with Crippen LogP contribution in [0.15, 0.2) is 73.1 Å². The lowest BCUT2D eigenvalue weighted by molar-refractivity contribution is -0.129. The zero-order valence-corrected chi connectivity index (χ0v) is 16.5. The lowest BCUT2D eigenvalue weighted by atomic mass is 9.89. The number of aromatic nitrogens is 2. The van der Waals surface area contributed by atoms with Crippen LogP contribution in [0.4, 0.5) is 0 Å². The van der Waals surface area contributed by atoms with E-state index in [2.05, 4.69) is 17.2 Å². The van der Waals surface area contributed by atoms with Crippen LogP contribution < -0.4 is 5.73 Å². The fourth-order valence-electron chi connectivity index (χ4n) is 3.85. The minimum absolute atomic E-state index is 0. The Morgan fingerprint density at radius 2 is 1.71 bits per heavy atom. The zero-order chi connectivity index (χ0) is 18.6. The number of para-hydroxylation sites is 1. The number of halogens is 1. The number of carbonyl (C=O) groups excluding carboxylic acids is 1. The maximum Gasteiger partial charge on any atom is 0.227 e. The highest BCUT2D eigenvalue weighted by Gasteiger charge is 2.35. The lowest BCUT2D eigenvalue weighted by Crippen LogP contribution is -2.31. The van der Waals surface area contributed by atoms with Gasteiger partial charge < -0.3 is 10.6 Å². The highest BCUT2D eigenvalue weighted by molar-refractivity contribution is 5.85. The molecule has 0 radical (unpaired) electrons. The first-order valence-electron chi connectivity index (χ1n) is 9.36. The van der Waals surface area contributed by atoms with Crippen LogP contribution in [0, 0.1) is 5.92 Å². The highest BCUT2D eigenvalue weighted by Crippen LogP contribution is 2.32. The third-order valence-electron chi connectivity index (χ3n) is 5.34. The summed E-state index contributed by atoms with van der Waals surface area (Å²) in [5, 5.41) is 4.39. The fourth-order valence-corrected chi connectivity index (χ4v) is 3.85. The molecule has 1 amide bonds. The van der Waals surface area contributed by atoms with E-state index in [1.165, 1.54) is 5.56 Å². The number of nitrogens with zero attached hydrogens (tertiary/aromatic N) is 3. The minimum Gasteiger partial charge on any atom is -0.341 e. The van der Waals surface area contributed by atoms with Crippen LogP contribution in [-0.4, -0.2) is 40.2 Å². The predicted octanol–water partition coefficient (Wildman–Crippen LogP) is 3.04. The molecule has 0 bridgehead atoms. The molecule has 0 unspecified atom stereocenters. The van der Waals surface area contributed by atoms with E-state index in [0.29, 0.717) is 24.8 Å². The molecule has 2 aromatic carbocycles. The monoisotopic (exact) mass is 396 g/mol. The molecular weight excluding hydrogens is 372 g/mol. The van der Waals surface area contributed by atoms with Crippen LogP contribution in [-0.2, 0) is 11.2 Å². The van der Waals surface area contributed by atoms with Crippen molar-refractivity contribution >= 4 is 18.3 Å². The van der Waals surface area contributed by atoms with Gasteiger partial charge >= 0.3 is 0 Å². The number of hydrogen-bond acceptors (Lipinski definition) is 3. The normalized spacial score (nSPS) is 18.7. The number of nitrogens with two attached hydrogens (primary N) is 1. The van der Waals surface area contributed by atoms with Crippen molar-refractivity contribution < 1.29 is 4.79 Å². The van der Waals surface area contributed by atoms with Crippen molar-refractivity contribution in [3.8, 4) is 5.69 Å². The van der Waals surface area contributed by atoms with Crippen molar-refractivity contribution in [3.05, 3.63) is 84.2 Å². The van der Waals surface area contributed by atoms with Gasteiger partial charge in [0.25, 0.3) is 0 Å². The summed E-state index contributed by atoms with van der Waals surface area (Å²) in [5.74, 6) is 0.759. The standard InChI is InChI=1S/C22H24N4O.ClH/c23-12-19-15-25(16-21(19)18-7-3-1-4-8-18)22(27)11-17-13-24-26(14-17)20-9-5-2-6-10-20;/h1-10,13-14,19,21H,11-12,15-16,23H2;1H/t19-,21+;/m1./s1. The van der Waals surface area contributed by atoms with Crippen molar-refractivity contribution in [1.82, 2.24) is 14.7 Å². The molecule has 146 valence electrons. The molecule has 1 aliphatic heterocycles. The molecule has 5 nitrogen and oxygen atoms in total. The summed E-state index contributed by atoms with van der Waals surface area (Å²) in [4.78, 5) is 14.8. The Morgan fingerprint density at radius 1 is 1.04 bits per heavy atom. The number of benzene rings is 2. The van der Waals surface area contributed by atoms with E-state index in [9.17, 15) is 4.79 Å². The molecule has 6 heteroatoms. The molecule has 1 aromatic heterocycles. The van der Waals surface area contributed by atoms with Crippen LogP contribution in [0.3, 0.4) is 0 Å². The van der Waals surface area contributed by atoms with Gasteiger partial charge in [0, 0.05) is 25.2 Å². The molecule has 4 rings (SSSR count). The zero-order valence-electron chi connectivity index (χ0n) is 15.6. The molecule has 28 heavy (non-hydrogen) atoms. The first-order valence-corrected chi connectivity index (χ1v) is 9.36. The van der Waals surface area contributed by atoms with Crippen molar-refractivity contribution in [2.24, 2.45) is 11.7 Å². The largest absolute Gasteiger partial charge is 0.341 e. The van der Waals surface area contributed by atoms with E-state index in [1.807, 2.05) is 64.3 Å². The number of carbonyl (C=O) groups is 1. The second kappa shape index (κ2) is 9.04. The summed E-state index contributed by atoms with van der Waals surface area (Å²) in [6.45, 7) is 2.05. The van der Waals surface area contributed by atoms with Crippen molar-refractivity contribution in [3.63, 3.8) is 0 Å². The Kier molecular flexibility index (Phi) is 6.49. The SMILES string of the molecule is Cl.NC[C@@H]1CN(C(=O)Cc2cnn(-c3ccccc3)c2)C[C@H]1c1ccccc1. The van der Waals surface area contributed by atoms with Crippen molar-refractivity contribution in [2.45, 2.75) is 12.3 Å². The van der Waals surface area contributed by atoms with Gasteiger partial charge in [0.05, 0.1) is 18.3 Å². The van der Waals surface area contributed by atoms with Gasteiger partial charge in [0.15, 0.2) is 0 Å². The Hall–Kier alpha value is -2.63. The Labute approximate surface area is 171 Å². The average Bonchev–Trinajstić information content (AvgIpc) is 3.36. The number of rotatable bonds is 5. The summed E-state index contributed by atoms with van der Waals surface area (Å²) < 4.78 is 1.81. The quantitative estimate of drug-likeness (QED) is 0.720. The second-order valence-corrected chi connectivity index (χ2v) is 7.12. The van der Waals surface area contributed by atoms with E-state index in [0.717, 1.165) is 24.3 Å². The van der Waals surface area contributed by atoms with E-state index >= 15 is 0 Å². The average molecular weight is 397 g/mol. The van der Waals surface area contributed by atoms with Gasteiger partial charge in [-0.1, -0.05) is 48.5 Å². The number of hydrogen-bond donors (Lipinski definition) is 1. The Bertz CT molecular complexity index is 897. The van der Waals surface area contributed by atoms with Gasteiger partial charge in [-0.3, -0.25) is 4.79 Å². The third kappa shape index (κ3) is 4.26. The first-order chi connectivity index (χ1) is 13.2. The van der Waals surface area contributed by atoms with Crippen LogP contribution in [0.1, 0.15) is 17.0 Å². The van der Waals surface area contributed by atoms with Gasteiger partial charge in [0.2, 0.25) is 5.91 Å². The Morgan fingerprint density at radius 3 is 2.39 bits per heavy atom. The van der Waals surface area contributed by atoms with E-state index in [-0.39, 0.29) is 18.3 Å². The summed E-state index contributed by atoms with van der Waals surface area (Å²) in [7, 11) is 0. The van der Waals surface area contributed by atoms with Crippen LogP contribution >= 0.6 is 12.4 Å².